The van der Waals surface area contributed by atoms with Gasteiger partial charge in [0, 0.05) is 0 Å². The van der Waals surface area contributed by atoms with Gasteiger partial charge in [-0.15, -0.1) is 0 Å². The van der Waals surface area contributed by atoms with E-state index >= 15 is 0 Å². The lowest BCUT2D eigenvalue weighted by molar-refractivity contribution is -0.321. The Morgan fingerprint density at radius 1 is 0.727 bits per heavy atom. The van der Waals surface area contributed by atoms with E-state index in [1.165, 1.54) is 6.92 Å². The Kier molecular flexibility index (Phi) is 14.3. The van der Waals surface area contributed by atoms with Crippen molar-refractivity contribution in [3.8, 4) is 0 Å². The third-order valence-corrected chi connectivity index (χ3v) is 2.93. The topological polar surface area (TPSA) is 178 Å². The Bertz CT molecular complexity index is 647. The van der Waals surface area contributed by atoms with Crippen LogP contribution in [-0.2, 0) is 47.7 Å². The molecule has 15 nitrogen and oxygen atoms in total. The monoisotopic (exact) mass is 484 g/mol. The van der Waals surface area contributed by atoms with Crippen LogP contribution in [-0.4, -0.2) is 69.8 Å². The summed E-state index contributed by atoms with van der Waals surface area (Å²) in [6, 6.07) is 0. The van der Waals surface area contributed by atoms with Crippen molar-refractivity contribution in [2.24, 2.45) is 0 Å². The summed E-state index contributed by atoms with van der Waals surface area (Å²) in [5.74, 6) is -2.67. The van der Waals surface area contributed by atoms with Crippen molar-refractivity contribution in [2.75, 3.05) is 26.9 Å². The number of hydrogen-bond acceptors (Lipinski definition) is 15. The molecule has 0 radical (unpaired) electrons. The normalized spacial score (nSPS) is 11.8. The molecule has 15 heteroatoms. The Morgan fingerprint density at radius 2 is 1.27 bits per heavy atom. The third kappa shape index (κ3) is 14.1. The SMILES string of the molecule is CCCOC(=O)OC(CCCOC(=O)OOC(=O)OC(C)C)(OC(=O)OC)OC(=O)OCC. The minimum absolute atomic E-state index is 0.0409. The number of methoxy groups -OCH3 is 1. The second-order valence-corrected chi connectivity index (χ2v) is 6.01. The standard InChI is InChI=1S/C18H28O15/c1-6-10-26-15(21)31-18(29-13(19)24-5,30-14(20)25-7-2)9-8-11-27-16(22)32-33-17(23)28-12(3)4/h12H,6-11H2,1-5H3. The van der Waals surface area contributed by atoms with Crippen molar-refractivity contribution >= 4 is 30.8 Å². The van der Waals surface area contributed by atoms with Crippen LogP contribution in [0.3, 0.4) is 0 Å². The Labute approximate surface area is 189 Å². The highest BCUT2D eigenvalue weighted by Crippen LogP contribution is 2.25. The molecule has 1 atom stereocenters. The quantitative estimate of drug-likeness (QED) is 0.104. The van der Waals surface area contributed by atoms with Crippen LogP contribution in [0.2, 0.25) is 0 Å². The minimum atomic E-state index is -2.67. The van der Waals surface area contributed by atoms with Gasteiger partial charge in [-0.25, -0.2) is 14.4 Å². The van der Waals surface area contributed by atoms with Crippen LogP contribution in [0, 0.1) is 0 Å². The molecule has 0 aliphatic heterocycles. The van der Waals surface area contributed by atoms with Crippen LogP contribution < -0.4 is 0 Å². The predicted molar refractivity (Wildman–Crippen MR) is 101 cm³/mol. The fourth-order valence-electron chi connectivity index (χ4n) is 1.75. The molecule has 0 fully saturated rings. The summed E-state index contributed by atoms with van der Waals surface area (Å²) in [7, 11) is 0.955. The first-order valence-electron chi connectivity index (χ1n) is 9.77. The molecule has 0 heterocycles. The molecular formula is C18H28O15. The van der Waals surface area contributed by atoms with Gasteiger partial charge in [-0.3, -0.25) is 0 Å². The van der Waals surface area contributed by atoms with Gasteiger partial charge in [0.2, 0.25) is 0 Å². The number of rotatable bonds is 11. The van der Waals surface area contributed by atoms with Crippen molar-refractivity contribution < 1.29 is 71.6 Å². The minimum Gasteiger partial charge on any atom is -0.437 e. The molecule has 0 amide bonds. The van der Waals surface area contributed by atoms with Crippen LogP contribution in [0.4, 0.5) is 24.0 Å². The van der Waals surface area contributed by atoms with Gasteiger partial charge in [0.1, 0.15) is 0 Å². The molecule has 0 N–H and O–H groups in total. The summed E-state index contributed by atoms with van der Waals surface area (Å²) in [5, 5.41) is 0. The molecule has 0 saturated carbocycles. The molecule has 33 heavy (non-hydrogen) atoms. The van der Waals surface area contributed by atoms with E-state index in [1.54, 1.807) is 20.8 Å². The lowest BCUT2D eigenvalue weighted by Gasteiger charge is -2.29. The number of carbonyl (C=O) groups is 5. The third-order valence-electron chi connectivity index (χ3n) is 2.93. The van der Waals surface area contributed by atoms with Gasteiger partial charge in [-0.1, -0.05) is 6.92 Å². The van der Waals surface area contributed by atoms with E-state index in [9.17, 15) is 24.0 Å². The van der Waals surface area contributed by atoms with Crippen LogP contribution in [0.25, 0.3) is 0 Å². The van der Waals surface area contributed by atoms with Crippen LogP contribution >= 0.6 is 0 Å². The van der Waals surface area contributed by atoms with Gasteiger partial charge in [-0.2, -0.15) is 19.4 Å². The molecule has 0 aliphatic rings. The number of carbonyl (C=O) groups excluding carboxylic acids is 5. The lowest BCUT2D eigenvalue weighted by Crippen LogP contribution is -2.45. The maximum atomic E-state index is 11.9. The first-order valence-corrected chi connectivity index (χ1v) is 9.77. The van der Waals surface area contributed by atoms with Gasteiger partial charge in [0.15, 0.2) is 0 Å². The van der Waals surface area contributed by atoms with Crippen molar-refractivity contribution in [1.29, 1.82) is 0 Å². The Hall–Kier alpha value is -3.65. The maximum absolute atomic E-state index is 11.9. The van der Waals surface area contributed by atoms with Gasteiger partial charge in [0.25, 0.3) is 0 Å². The van der Waals surface area contributed by atoms with Crippen LogP contribution in [0.1, 0.15) is 47.0 Å². The van der Waals surface area contributed by atoms with E-state index in [0.717, 1.165) is 7.11 Å². The molecule has 1 unspecified atom stereocenters. The molecule has 0 bridgehead atoms. The summed E-state index contributed by atoms with van der Waals surface area (Å²) in [5.41, 5.74) is 0. The summed E-state index contributed by atoms with van der Waals surface area (Å²) < 4.78 is 37.5. The molecule has 0 aromatic heterocycles. The van der Waals surface area contributed by atoms with E-state index in [4.69, 9.17) is 18.9 Å². The van der Waals surface area contributed by atoms with Crippen molar-refractivity contribution in [3.05, 3.63) is 0 Å². The summed E-state index contributed by atoms with van der Waals surface area (Å²) >= 11 is 0. The molecule has 0 saturated heterocycles. The van der Waals surface area contributed by atoms with E-state index in [-0.39, 0.29) is 19.6 Å². The van der Waals surface area contributed by atoms with E-state index in [1.807, 2.05) is 0 Å². The molecule has 0 aromatic carbocycles. The molecule has 0 spiro atoms. The highest BCUT2D eigenvalue weighted by atomic mass is 17.3. The first-order chi connectivity index (χ1) is 15.6. The smallest absolute Gasteiger partial charge is 0.437 e. The molecule has 0 rings (SSSR count). The second kappa shape index (κ2) is 16.0. The lowest BCUT2D eigenvalue weighted by atomic mass is 10.3. The zero-order valence-corrected chi connectivity index (χ0v) is 18.9. The molecular weight excluding hydrogens is 456 g/mol. The van der Waals surface area contributed by atoms with Gasteiger partial charge < -0.3 is 37.9 Å². The Balaban J connectivity index is 5.08. The average molecular weight is 484 g/mol. The summed E-state index contributed by atoms with van der Waals surface area (Å²) in [6.07, 6.45) is -7.58. The first kappa shape index (κ1) is 29.3. The van der Waals surface area contributed by atoms with Gasteiger partial charge in [0.05, 0.1) is 39.5 Å². The van der Waals surface area contributed by atoms with Crippen LogP contribution in [0.15, 0.2) is 0 Å². The summed E-state index contributed by atoms with van der Waals surface area (Å²) in [6.45, 7) is 5.67. The average Bonchev–Trinajstić information content (AvgIpc) is 2.73. The van der Waals surface area contributed by atoms with Gasteiger partial charge >= 0.3 is 36.7 Å². The van der Waals surface area contributed by atoms with E-state index in [2.05, 4.69) is 28.7 Å². The zero-order chi connectivity index (χ0) is 25.3. The zero-order valence-electron chi connectivity index (χ0n) is 18.9. The summed E-state index contributed by atoms with van der Waals surface area (Å²) in [4.78, 5) is 66.1. The molecule has 0 aromatic rings. The second-order valence-electron chi connectivity index (χ2n) is 6.01. The number of hydrogen-bond donors (Lipinski definition) is 0. The van der Waals surface area contributed by atoms with Crippen molar-refractivity contribution in [1.82, 2.24) is 0 Å². The van der Waals surface area contributed by atoms with E-state index in [0.29, 0.717) is 6.42 Å². The fraction of sp³-hybridized carbons (Fsp3) is 0.722. The Morgan fingerprint density at radius 3 is 1.82 bits per heavy atom. The van der Waals surface area contributed by atoms with E-state index < -0.39 is 55.9 Å². The van der Waals surface area contributed by atoms with Gasteiger partial charge in [-0.05, 0) is 33.6 Å². The fourth-order valence-corrected chi connectivity index (χ4v) is 1.75. The number of ether oxygens (including phenoxy) is 8. The maximum Gasteiger partial charge on any atom is 0.550 e. The molecule has 0 aliphatic carbocycles. The highest BCUT2D eigenvalue weighted by molar-refractivity contribution is 5.65. The molecule has 190 valence electrons. The highest BCUT2D eigenvalue weighted by Gasteiger charge is 2.45. The largest absolute Gasteiger partial charge is 0.550 e. The van der Waals surface area contributed by atoms with Crippen LogP contribution in [0.5, 0.6) is 0 Å². The predicted octanol–water partition coefficient (Wildman–Crippen LogP) is 3.57. The van der Waals surface area contributed by atoms with Crippen molar-refractivity contribution in [2.45, 2.75) is 59.0 Å². The van der Waals surface area contributed by atoms with Crippen molar-refractivity contribution in [3.63, 3.8) is 0 Å².